The van der Waals surface area contributed by atoms with E-state index in [1.54, 1.807) is 85.7 Å². The summed E-state index contributed by atoms with van der Waals surface area (Å²) in [6.45, 7) is 15.1. The molecule has 0 spiro atoms. The summed E-state index contributed by atoms with van der Waals surface area (Å²) in [5.41, 5.74) is 34.0. The number of carboxylic acids is 3. The molecule has 1 aromatic rings. The molecule has 0 radical (unpaired) electrons. The quantitative estimate of drug-likeness (QED) is 0.0165. The Balaban J connectivity index is 3.58. The van der Waals surface area contributed by atoms with E-state index in [1.165, 1.54) is 25.6 Å². The van der Waals surface area contributed by atoms with Gasteiger partial charge in [-0.3, -0.25) is 96.1 Å². The maximum Gasteiger partial charge on any atom is 0.325 e. The second kappa shape index (κ2) is 56.2. The highest BCUT2D eigenvalue weighted by molar-refractivity contribution is 7.98. The van der Waals surface area contributed by atoms with Crippen molar-refractivity contribution in [3.8, 4) is 0 Å². The summed E-state index contributed by atoms with van der Waals surface area (Å²) in [5.74, 6) is -22.2. The molecule has 0 heterocycles. The number of nitrogens with two attached hydrogens (primary N) is 6. The molecule has 674 valence electrons. The van der Waals surface area contributed by atoms with Crippen molar-refractivity contribution < 1.29 is 106 Å². The highest BCUT2D eigenvalue weighted by Gasteiger charge is 2.39. The van der Waals surface area contributed by atoms with Crippen LogP contribution in [0.2, 0.25) is 0 Å². The van der Waals surface area contributed by atoms with Gasteiger partial charge in [-0.15, -0.1) is 0 Å². The average Bonchev–Trinajstić information content (AvgIpc) is 0.844. The molecule has 0 saturated carbocycles. The number of benzene rings is 1. The Bertz CT molecular complexity index is 3670. The van der Waals surface area contributed by atoms with Crippen LogP contribution in [0.5, 0.6) is 0 Å². The second-order valence-electron chi connectivity index (χ2n) is 30.5. The molecule has 16 amide bonds. The van der Waals surface area contributed by atoms with Crippen LogP contribution < -0.4 is 109 Å². The minimum Gasteiger partial charge on any atom is -0.481 e. The number of thioether (sulfide) groups is 1. The van der Waals surface area contributed by atoms with Gasteiger partial charge in [0, 0.05) is 25.8 Å². The number of carbonyl (C=O) groups is 19. The maximum absolute atomic E-state index is 14.5. The number of amides is 16. The Morgan fingerprint density at radius 3 is 1.32 bits per heavy atom. The Labute approximate surface area is 701 Å². The lowest BCUT2D eigenvalue weighted by molar-refractivity contribution is -0.142. The van der Waals surface area contributed by atoms with Crippen LogP contribution in [0.3, 0.4) is 0 Å². The monoisotopic (exact) mass is 1720 g/mol. The first-order valence-electron chi connectivity index (χ1n) is 39.7. The van der Waals surface area contributed by atoms with Gasteiger partial charge in [0.1, 0.15) is 78.5 Å². The van der Waals surface area contributed by atoms with Gasteiger partial charge in [-0.2, -0.15) is 11.8 Å². The fraction of sp³-hybridized carbons (Fsp3) is 0.658. The van der Waals surface area contributed by atoms with Crippen molar-refractivity contribution in [1.29, 1.82) is 0 Å². The molecule has 0 aliphatic carbocycles. The number of hydrogen-bond donors (Lipinski definition) is 23. The predicted octanol–water partition coefficient (Wildman–Crippen LogP) is -5.30. The normalized spacial score (nSPS) is 14.9. The molecule has 0 fully saturated rings. The maximum atomic E-state index is 14.5. The number of guanidine groups is 1. The van der Waals surface area contributed by atoms with E-state index >= 15 is 0 Å². The van der Waals surface area contributed by atoms with Crippen LogP contribution in [-0.4, -0.2) is 250 Å². The van der Waals surface area contributed by atoms with Gasteiger partial charge < -0.3 is 124 Å². The van der Waals surface area contributed by atoms with E-state index in [-0.39, 0.29) is 88.7 Å². The Morgan fingerprint density at radius 1 is 0.417 bits per heavy atom. The zero-order valence-electron chi connectivity index (χ0n) is 70.0. The lowest BCUT2D eigenvalue weighted by Crippen LogP contribution is -2.61. The number of hydrogen-bond acceptors (Lipinski definition) is 23. The molecule has 0 saturated heterocycles. The first-order chi connectivity index (χ1) is 56.2. The third kappa shape index (κ3) is 43.4. The van der Waals surface area contributed by atoms with Crippen LogP contribution in [0.1, 0.15) is 178 Å². The van der Waals surface area contributed by atoms with Crippen LogP contribution in [0.25, 0.3) is 0 Å². The largest absolute Gasteiger partial charge is 0.481 e. The number of nitrogens with one attached hydrogen (secondary N) is 14. The summed E-state index contributed by atoms with van der Waals surface area (Å²) < 4.78 is 0. The van der Waals surface area contributed by atoms with Crippen molar-refractivity contribution in [2.75, 3.05) is 31.6 Å². The van der Waals surface area contributed by atoms with Gasteiger partial charge in [0.05, 0.1) is 25.4 Å². The zero-order valence-corrected chi connectivity index (χ0v) is 70.9. The van der Waals surface area contributed by atoms with Crippen molar-refractivity contribution in [1.82, 2.24) is 74.4 Å². The van der Waals surface area contributed by atoms with E-state index in [9.17, 15) is 106 Å². The van der Waals surface area contributed by atoms with Crippen molar-refractivity contribution in [2.24, 2.45) is 63.1 Å². The van der Waals surface area contributed by atoms with E-state index in [0.29, 0.717) is 24.2 Å². The SMILES string of the molecule is CC[C@H](C)[C@H](NC(=O)[C@H](CC(C)C)NC(=O)CNC(=O)[C@H](CCC(N)=O)NC(=O)[C@H](CC(N)=O)NC(=O)[C@H](CC(C)C)NC(=O)[C@H](CCC(=O)O)NC(=O)[C@H](C)NC(=O)[C@H](CCCN=C(N)N)NC(=O)[C@@H](N)CCSC)C(=O)N[C@@H](CC(=O)O)C(=O)N[C@@H](Cc1ccccc1)C(=O)N[C@@H](CC(C)C)C(=O)N[C@@H](CCCCN)C(=O)N[C@@H](C)C(=O)O. The summed E-state index contributed by atoms with van der Waals surface area (Å²) in [6, 6.07) is -13.1. The van der Waals surface area contributed by atoms with Gasteiger partial charge in [0.25, 0.3) is 0 Å². The Hall–Kier alpha value is -11.3. The Kier molecular flexibility index (Phi) is 50.0. The number of unbranched alkanes of at least 4 members (excludes halogenated alkanes) is 1. The van der Waals surface area contributed by atoms with E-state index < -0.39 is 254 Å². The number of nitrogens with zero attached hydrogens (tertiary/aromatic N) is 1. The van der Waals surface area contributed by atoms with Gasteiger partial charge in [0.2, 0.25) is 94.5 Å². The van der Waals surface area contributed by atoms with Gasteiger partial charge in [-0.05, 0) is 132 Å². The summed E-state index contributed by atoms with van der Waals surface area (Å²) in [7, 11) is 0. The summed E-state index contributed by atoms with van der Waals surface area (Å²) >= 11 is 1.44. The van der Waals surface area contributed by atoms with E-state index in [1.807, 2.05) is 6.26 Å². The predicted molar refractivity (Wildman–Crippen MR) is 440 cm³/mol. The third-order valence-corrected chi connectivity index (χ3v) is 19.1. The lowest BCUT2D eigenvalue weighted by atomic mass is 9.96. The van der Waals surface area contributed by atoms with Crippen LogP contribution >= 0.6 is 11.8 Å². The molecule has 1 aromatic carbocycles. The topological polar surface area (TPSA) is 722 Å². The van der Waals surface area contributed by atoms with Gasteiger partial charge in [-0.1, -0.05) is 92.1 Å². The molecule has 43 nitrogen and oxygen atoms in total. The number of carbonyl (C=O) groups excluding carboxylic acids is 16. The summed E-state index contributed by atoms with van der Waals surface area (Å²) in [4.78, 5) is 261. The molecule has 0 unspecified atom stereocenters. The van der Waals surface area contributed by atoms with Crippen molar-refractivity contribution in [3.05, 3.63) is 35.9 Å². The zero-order chi connectivity index (χ0) is 91.2. The van der Waals surface area contributed by atoms with E-state index in [0.717, 1.165) is 0 Å². The minimum atomic E-state index is -1.95. The van der Waals surface area contributed by atoms with Crippen molar-refractivity contribution in [2.45, 2.75) is 263 Å². The van der Waals surface area contributed by atoms with Crippen LogP contribution in [0.15, 0.2) is 35.3 Å². The summed E-state index contributed by atoms with van der Waals surface area (Å²) in [6.07, 6.45) is -1.83. The van der Waals surface area contributed by atoms with Crippen LogP contribution in [0.4, 0.5) is 0 Å². The molecule has 0 aromatic heterocycles. The van der Waals surface area contributed by atoms with Crippen molar-refractivity contribution >= 4 is 130 Å². The number of rotatable bonds is 60. The molecular weight excluding hydrogens is 1590 g/mol. The highest BCUT2D eigenvalue weighted by atomic mass is 32.2. The molecule has 0 aliphatic heterocycles. The van der Waals surface area contributed by atoms with Gasteiger partial charge >= 0.3 is 17.9 Å². The smallest absolute Gasteiger partial charge is 0.325 e. The van der Waals surface area contributed by atoms with Crippen molar-refractivity contribution in [3.63, 3.8) is 0 Å². The molecule has 0 aliphatic rings. The molecule has 44 heteroatoms. The number of aliphatic carboxylic acids is 3. The standard InChI is InChI=1S/C76H127N21O22S/c1-12-41(8)61(74(117)96-55(36-60(103)104)72(115)94-53(34-44-19-14-13-15-20-44)70(113)93-51(32-39(4)5)68(111)90-46(21-16-17-28-77)66(109)86-43(10)75(118)119)97-73(116)50(31-38(2)3)87-58(100)37-84-64(107)48(23-25-56(79)98)91-71(114)54(35-57(80)99)95-69(112)52(33-40(6)7)92-67(110)49(24-26-59(101)102)88-62(105)42(9)85-65(108)47(22-18-29-83-76(81)82)89-63(106)45(78)27-30-120-11/h13-15,19-20,38-43,45-55,61H,12,16-18,21-37,77-78H2,1-11H3,(H2,79,98)(H2,80,99)(H,84,107)(H,85,108)(H,86,109)(H,87,100)(H,88,105)(H,89,106)(H,90,111)(H,91,114)(H,92,110)(H,93,113)(H,94,115)(H,95,112)(H,96,117)(H,97,116)(H,101,102)(H,103,104)(H,118,119)(H4,81,82,83)/t41-,42-,43-,45-,46-,47-,48-,49-,50-,51-,52-,53-,54-,55-,61-/m0/s1. The summed E-state index contributed by atoms with van der Waals surface area (Å²) in [5, 5.41) is 63.4. The highest BCUT2D eigenvalue weighted by Crippen LogP contribution is 2.17. The second-order valence-corrected chi connectivity index (χ2v) is 31.4. The van der Waals surface area contributed by atoms with E-state index in [2.05, 4.69) is 79.4 Å². The van der Waals surface area contributed by atoms with Gasteiger partial charge in [-0.25, -0.2) is 0 Å². The van der Waals surface area contributed by atoms with Crippen LogP contribution in [-0.2, 0) is 97.5 Å². The minimum absolute atomic E-state index is 0.0155. The first-order valence-corrected chi connectivity index (χ1v) is 41.1. The van der Waals surface area contributed by atoms with E-state index in [4.69, 9.17) is 34.4 Å². The molecular formula is C76H127N21O22S. The molecule has 29 N–H and O–H groups in total. The molecule has 0 bridgehead atoms. The number of aliphatic imine (C=N–C) groups is 1. The lowest BCUT2D eigenvalue weighted by Gasteiger charge is -2.29. The number of carboxylic acid groups (broad SMARTS) is 3. The first kappa shape index (κ1) is 107. The van der Waals surface area contributed by atoms with Crippen LogP contribution in [0, 0.1) is 23.7 Å². The molecule has 1 rings (SSSR count). The molecule has 15 atom stereocenters. The average molecular weight is 1720 g/mol. The van der Waals surface area contributed by atoms with Gasteiger partial charge in [0.15, 0.2) is 5.96 Å². The fourth-order valence-electron chi connectivity index (χ4n) is 11.7. The molecule has 120 heavy (non-hydrogen) atoms. The Morgan fingerprint density at radius 2 is 0.833 bits per heavy atom. The number of primary amides is 2. The third-order valence-electron chi connectivity index (χ3n) is 18.4. The fourth-order valence-corrected chi connectivity index (χ4v) is 12.2.